The van der Waals surface area contributed by atoms with Crippen molar-refractivity contribution >= 4 is 51.0 Å². The Labute approximate surface area is 197 Å². The molecule has 0 atom stereocenters. The van der Waals surface area contributed by atoms with Crippen molar-refractivity contribution in [3.05, 3.63) is 87.3 Å². The second-order valence-electron chi connectivity index (χ2n) is 6.54. The van der Waals surface area contributed by atoms with Crippen molar-refractivity contribution in [1.82, 2.24) is 10.1 Å². The number of nitrogens with one attached hydrogen (secondary N) is 3. The van der Waals surface area contributed by atoms with E-state index in [0.717, 1.165) is 6.21 Å². The second-order valence-corrected chi connectivity index (χ2v) is 8.74. The van der Waals surface area contributed by atoms with Gasteiger partial charge in [0.05, 0.1) is 22.6 Å². The van der Waals surface area contributed by atoms with E-state index in [1.54, 1.807) is 0 Å². The number of benzene rings is 2. The van der Waals surface area contributed by atoms with E-state index in [9.17, 15) is 28.1 Å². The highest BCUT2D eigenvalue weighted by Crippen LogP contribution is 2.16. The number of hydrazone groups is 1. The number of non-ortho nitro benzene ring substituents is 1. The molecule has 0 aliphatic carbocycles. The minimum atomic E-state index is -3.77. The zero-order valence-electron chi connectivity index (χ0n) is 17.1. The summed E-state index contributed by atoms with van der Waals surface area (Å²) < 4.78 is 32.3. The van der Waals surface area contributed by atoms with Crippen LogP contribution in [0.2, 0.25) is 5.02 Å². The smallest absolute Gasteiger partial charge is 0.329 e. The van der Waals surface area contributed by atoms with Gasteiger partial charge >= 0.3 is 11.8 Å². The van der Waals surface area contributed by atoms with E-state index < -0.39 is 26.8 Å². The van der Waals surface area contributed by atoms with Crippen LogP contribution in [0.15, 0.2) is 75.1 Å². The third-order valence-electron chi connectivity index (χ3n) is 4.14. The molecular weight excluding hydrogens is 490 g/mol. The van der Waals surface area contributed by atoms with Crippen LogP contribution < -0.4 is 15.5 Å². The number of carbonyl (C=O) groups is 2. The lowest BCUT2D eigenvalue weighted by Crippen LogP contribution is -2.32. The Morgan fingerprint density at radius 2 is 1.71 bits per heavy atom. The third-order valence-corrected chi connectivity index (χ3v) is 5.81. The van der Waals surface area contributed by atoms with Gasteiger partial charge in [0.15, 0.2) is 0 Å². The number of sulfonamides is 1. The molecule has 14 heteroatoms. The summed E-state index contributed by atoms with van der Waals surface area (Å²) in [4.78, 5) is 33.8. The summed E-state index contributed by atoms with van der Waals surface area (Å²) in [6.45, 7) is -0.136. The van der Waals surface area contributed by atoms with Crippen molar-refractivity contribution < 1.29 is 27.3 Å². The summed E-state index contributed by atoms with van der Waals surface area (Å²) in [6.07, 6.45) is 1.12. The average Bonchev–Trinajstić information content (AvgIpc) is 3.26. The number of nitro benzene ring substituents is 1. The van der Waals surface area contributed by atoms with Gasteiger partial charge in [0.25, 0.3) is 5.69 Å². The number of amides is 2. The van der Waals surface area contributed by atoms with Gasteiger partial charge in [-0.2, -0.15) is 5.10 Å². The summed E-state index contributed by atoms with van der Waals surface area (Å²) >= 11 is 5.76. The van der Waals surface area contributed by atoms with E-state index in [1.807, 2.05) is 5.43 Å². The van der Waals surface area contributed by atoms with E-state index >= 15 is 0 Å². The largest absolute Gasteiger partial charge is 0.459 e. The van der Waals surface area contributed by atoms with Gasteiger partial charge in [0, 0.05) is 22.8 Å². The van der Waals surface area contributed by atoms with Crippen molar-refractivity contribution in [3.8, 4) is 0 Å². The summed E-state index contributed by atoms with van der Waals surface area (Å²) in [6, 6.07) is 13.5. The molecule has 2 aromatic carbocycles. The van der Waals surface area contributed by atoms with Crippen molar-refractivity contribution in [1.29, 1.82) is 0 Å². The number of anilines is 1. The number of nitrogens with zero attached hydrogens (tertiary/aromatic N) is 2. The maximum absolute atomic E-state index is 12.3. The van der Waals surface area contributed by atoms with Crippen LogP contribution in [0.4, 0.5) is 11.4 Å². The molecule has 0 bridgehead atoms. The standard InChI is InChI=1S/C20H16ClN5O7S/c21-13-1-9-18(10-2-13)34(31,32)23-12-17-8-7-16(33-17)11-22-25-20(28)19(27)24-14-3-5-15(6-4-14)26(29)30/h1-11,23H,12H2,(H,24,27)(H,25,28). The molecule has 0 aliphatic rings. The highest BCUT2D eigenvalue weighted by molar-refractivity contribution is 7.89. The van der Waals surface area contributed by atoms with Gasteiger partial charge in [0.2, 0.25) is 10.0 Å². The first-order chi connectivity index (χ1) is 16.1. The van der Waals surface area contributed by atoms with Gasteiger partial charge < -0.3 is 9.73 Å². The number of furan rings is 1. The quantitative estimate of drug-likeness (QED) is 0.182. The Bertz CT molecular complexity index is 1340. The molecule has 1 aromatic heterocycles. The fraction of sp³-hybridized carbons (Fsp3) is 0.0500. The number of hydrogen-bond donors (Lipinski definition) is 3. The minimum absolute atomic E-state index is 0.0416. The van der Waals surface area contributed by atoms with Crippen molar-refractivity contribution in [2.45, 2.75) is 11.4 Å². The molecule has 2 amide bonds. The molecule has 3 aromatic rings. The molecule has 0 fully saturated rings. The molecule has 3 rings (SSSR count). The fourth-order valence-electron chi connectivity index (χ4n) is 2.48. The first-order valence-electron chi connectivity index (χ1n) is 9.37. The summed E-state index contributed by atoms with van der Waals surface area (Å²) in [5, 5.41) is 16.9. The van der Waals surface area contributed by atoms with Crippen LogP contribution >= 0.6 is 11.6 Å². The Hall–Kier alpha value is -4.07. The maximum atomic E-state index is 12.3. The predicted molar refractivity (Wildman–Crippen MR) is 122 cm³/mol. The van der Waals surface area contributed by atoms with Gasteiger partial charge in [0.1, 0.15) is 11.5 Å². The first kappa shape index (κ1) is 24.6. The summed E-state index contributed by atoms with van der Waals surface area (Å²) in [5.41, 5.74) is 2.02. The van der Waals surface area contributed by atoms with Gasteiger partial charge in [-0.05, 0) is 48.5 Å². The van der Waals surface area contributed by atoms with E-state index in [4.69, 9.17) is 16.0 Å². The summed E-state index contributed by atoms with van der Waals surface area (Å²) in [5.74, 6) is -1.65. The molecular formula is C20H16ClN5O7S. The number of nitro groups is 1. The van der Waals surface area contributed by atoms with Gasteiger partial charge in [-0.25, -0.2) is 18.6 Å². The lowest BCUT2D eigenvalue weighted by Gasteiger charge is -2.05. The Balaban J connectivity index is 1.49. The number of hydrogen-bond acceptors (Lipinski definition) is 8. The fourth-order valence-corrected chi connectivity index (χ4v) is 3.60. The Kier molecular flexibility index (Phi) is 7.73. The van der Waals surface area contributed by atoms with Gasteiger partial charge in [-0.1, -0.05) is 11.6 Å². The zero-order chi connectivity index (χ0) is 24.7. The monoisotopic (exact) mass is 505 g/mol. The molecule has 0 saturated heterocycles. The van der Waals surface area contributed by atoms with Crippen LogP contribution in [-0.4, -0.2) is 31.4 Å². The zero-order valence-corrected chi connectivity index (χ0v) is 18.7. The van der Waals surface area contributed by atoms with E-state index in [0.29, 0.717) is 5.02 Å². The molecule has 0 unspecified atom stereocenters. The number of rotatable bonds is 8. The van der Waals surface area contributed by atoms with Gasteiger partial charge in [-0.15, -0.1) is 0 Å². The SMILES string of the molecule is O=C(NN=Cc1ccc(CNS(=O)(=O)c2ccc(Cl)cc2)o1)C(=O)Nc1ccc([N+](=O)[O-])cc1. The van der Waals surface area contributed by atoms with Crippen LogP contribution in [0.1, 0.15) is 11.5 Å². The minimum Gasteiger partial charge on any atom is -0.459 e. The highest BCUT2D eigenvalue weighted by Gasteiger charge is 2.15. The molecule has 0 saturated carbocycles. The average molecular weight is 506 g/mol. The molecule has 176 valence electrons. The van der Waals surface area contributed by atoms with Crippen LogP contribution in [0.3, 0.4) is 0 Å². The number of carbonyl (C=O) groups excluding carboxylic acids is 2. The first-order valence-corrected chi connectivity index (χ1v) is 11.2. The van der Waals surface area contributed by atoms with E-state index in [2.05, 4.69) is 15.1 Å². The highest BCUT2D eigenvalue weighted by atomic mass is 35.5. The van der Waals surface area contributed by atoms with Crippen molar-refractivity contribution in [2.75, 3.05) is 5.32 Å². The van der Waals surface area contributed by atoms with Crippen LogP contribution in [0.5, 0.6) is 0 Å². The molecule has 0 aliphatic heterocycles. The van der Waals surface area contributed by atoms with Crippen LogP contribution in [0, 0.1) is 10.1 Å². The molecule has 12 nitrogen and oxygen atoms in total. The molecule has 0 spiro atoms. The van der Waals surface area contributed by atoms with Crippen molar-refractivity contribution in [2.24, 2.45) is 5.10 Å². The van der Waals surface area contributed by atoms with Crippen molar-refractivity contribution in [3.63, 3.8) is 0 Å². The Morgan fingerprint density at radius 1 is 1.03 bits per heavy atom. The molecule has 3 N–H and O–H groups in total. The lowest BCUT2D eigenvalue weighted by atomic mass is 10.3. The maximum Gasteiger partial charge on any atom is 0.329 e. The Morgan fingerprint density at radius 3 is 2.35 bits per heavy atom. The van der Waals surface area contributed by atoms with Crippen LogP contribution in [-0.2, 0) is 26.2 Å². The van der Waals surface area contributed by atoms with Gasteiger partial charge in [-0.3, -0.25) is 19.7 Å². The normalized spacial score (nSPS) is 11.3. The van der Waals surface area contributed by atoms with E-state index in [1.165, 1.54) is 60.7 Å². The molecule has 34 heavy (non-hydrogen) atoms. The van der Waals surface area contributed by atoms with Crippen LogP contribution in [0.25, 0.3) is 0 Å². The molecule has 1 heterocycles. The number of halogens is 1. The predicted octanol–water partition coefficient (Wildman–Crippen LogP) is 2.41. The molecule has 0 radical (unpaired) electrons. The van der Waals surface area contributed by atoms with E-state index in [-0.39, 0.29) is 34.3 Å². The third kappa shape index (κ3) is 6.71. The topological polar surface area (TPSA) is 173 Å². The lowest BCUT2D eigenvalue weighted by molar-refractivity contribution is -0.384. The summed E-state index contributed by atoms with van der Waals surface area (Å²) in [7, 11) is -3.77. The second kappa shape index (κ2) is 10.7.